The minimum absolute atomic E-state index is 0.000970. The molecule has 15 heteroatoms. The van der Waals surface area contributed by atoms with Crippen molar-refractivity contribution >= 4 is 60.7 Å². The molecule has 3 unspecified atom stereocenters. The summed E-state index contributed by atoms with van der Waals surface area (Å²) in [5.41, 5.74) is 6.24. The molecule has 51 heavy (non-hydrogen) atoms. The summed E-state index contributed by atoms with van der Waals surface area (Å²) in [6.07, 6.45) is 5.71. The molecule has 0 radical (unpaired) electrons. The number of carbonyl (C=O) groups excluding carboxylic acids is 1. The molecule has 5 aliphatic heterocycles. The molecule has 0 aliphatic carbocycles. The average molecular weight is 739 g/mol. The van der Waals surface area contributed by atoms with Crippen LogP contribution in [0.2, 0.25) is 5.02 Å². The lowest BCUT2D eigenvalue weighted by atomic mass is 9.75. The zero-order valence-corrected chi connectivity index (χ0v) is 29.7. The minimum Gasteiger partial charge on any atom is -0.467 e. The van der Waals surface area contributed by atoms with Crippen molar-refractivity contribution in [3.63, 3.8) is 0 Å². The molecule has 10 nitrogen and oxygen atoms in total. The third kappa shape index (κ3) is 6.11. The summed E-state index contributed by atoms with van der Waals surface area (Å²) in [5, 5.41) is 13.7. The number of ether oxygens (including phenoxy) is 1. The van der Waals surface area contributed by atoms with E-state index in [4.69, 9.17) is 22.1 Å². The number of benzene rings is 2. The first kappa shape index (κ1) is 34.2. The number of methoxy groups -OCH3 is 1. The summed E-state index contributed by atoms with van der Waals surface area (Å²) in [5.74, 6) is -0.646. The summed E-state index contributed by atoms with van der Waals surface area (Å²) in [6.45, 7) is 5.27. The van der Waals surface area contributed by atoms with E-state index in [1.165, 1.54) is 32.1 Å². The van der Waals surface area contributed by atoms with Crippen LogP contribution in [0.1, 0.15) is 44.1 Å². The first-order valence-electron chi connectivity index (χ1n) is 17.4. The number of halogens is 4. The molecule has 2 aromatic carbocycles. The van der Waals surface area contributed by atoms with Gasteiger partial charge in [0.2, 0.25) is 5.91 Å². The molecule has 0 saturated carbocycles. The van der Waals surface area contributed by atoms with Gasteiger partial charge in [0.25, 0.3) is 0 Å². The van der Waals surface area contributed by atoms with Crippen LogP contribution in [0.15, 0.2) is 18.2 Å². The molecule has 5 aliphatic rings. The van der Waals surface area contributed by atoms with Gasteiger partial charge in [-0.2, -0.15) is 15.2 Å². The van der Waals surface area contributed by atoms with Gasteiger partial charge in [0, 0.05) is 67.1 Å². The van der Waals surface area contributed by atoms with Crippen LogP contribution in [0.3, 0.4) is 0 Å². The molecule has 3 atom stereocenters. The number of nitrogens with two attached hydrogens (primary N) is 1. The van der Waals surface area contributed by atoms with E-state index < -0.39 is 17.8 Å². The Labute approximate surface area is 302 Å². The maximum atomic E-state index is 16.6. The summed E-state index contributed by atoms with van der Waals surface area (Å²) in [4.78, 5) is 27.9. The van der Waals surface area contributed by atoms with Crippen molar-refractivity contribution in [1.82, 2.24) is 25.1 Å². The maximum Gasteiger partial charge on any atom is 0.318 e. The Balaban J connectivity index is 0.000000359. The number of fused-ring (bicyclic) bond motifs is 3. The fraction of sp³-hybridized carbons (Fsp3) is 0.500. The van der Waals surface area contributed by atoms with Crippen LogP contribution >= 0.6 is 22.9 Å². The van der Waals surface area contributed by atoms with Crippen LogP contribution in [0, 0.1) is 28.4 Å². The van der Waals surface area contributed by atoms with Gasteiger partial charge in [-0.15, -0.1) is 11.3 Å². The molecule has 5 saturated heterocycles. The molecular weight excluding hydrogens is 701 g/mol. The Morgan fingerprint density at radius 1 is 1.20 bits per heavy atom. The van der Waals surface area contributed by atoms with E-state index in [1.54, 1.807) is 6.07 Å². The largest absolute Gasteiger partial charge is 0.467 e. The molecule has 4 aromatic rings. The predicted octanol–water partition coefficient (Wildman–Crippen LogP) is 5.89. The Morgan fingerprint density at radius 3 is 2.73 bits per heavy atom. The van der Waals surface area contributed by atoms with Gasteiger partial charge in [-0.3, -0.25) is 9.69 Å². The summed E-state index contributed by atoms with van der Waals surface area (Å²) < 4.78 is 49.4. The molecule has 3 N–H and O–H groups in total. The molecule has 5 fully saturated rings. The van der Waals surface area contributed by atoms with E-state index in [0.717, 1.165) is 50.1 Å². The molecule has 1 amide bonds. The van der Waals surface area contributed by atoms with E-state index in [0.29, 0.717) is 50.0 Å². The SMILES string of the molecule is COc1nc(N2CCCCC3(CN(C(=O)C4CN4)C3)C2)c2cc(Cl)c(-c3ccc(F)c4sc(N)c(C#N)c34)c(F)c2n1.FC1CC2CCCN2C1. The number of alkyl halides is 1. The number of hydrogen-bond acceptors (Lipinski definition) is 10. The Bertz CT molecular complexity index is 2070. The fourth-order valence-corrected chi connectivity index (χ4v) is 9.70. The van der Waals surface area contributed by atoms with Crippen molar-refractivity contribution in [2.75, 3.05) is 63.6 Å². The topological polar surface area (TPSA) is 134 Å². The number of amides is 1. The summed E-state index contributed by atoms with van der Waals surface area (Å²) in [7, 11) is 1.42. The number of likely N-dealkylation sites (tertiary alicyclic amines) is 1. The van der Waals surface area contributed by atoms with Gasteiger partial charge >= 0.3 is 6.01 Å². The Morgan fingerprint density at radius 2 is 2.00 bits per heavy atom. The molecular formula is C36H38ClF3N8O2S. The average Bonchev–Trinajstić information content (AvgIpc) is 3.71. The van der Waals surface area contributed by atoms with Crippen molar-refractivity contribution in [2.45, 2.75) is 56.8 Å². The smallest absolute Gasteiger partial charge is 0.318 e. The van der Waals surface area contributed by atoms with Crippen LogP contribution < -0.4 is 20.7 Å². The molecule has 2 aromatic heterocycles. The van der Waals surface area contributed by atoms with Crippen LogP contribution in [0.4, 0.5) is 24.0 Å². The van der Waals surface area contributed by atoms with Gasteiger partial charge in [-0.05, 0) is 56.3 Å². The number of nitrogens with one attached hydrogen (secondary N) is 1. The van der Waals surface area contributed by atoms with Crippen LogP contribution in [-0.2, 0) is 4.79 Å². The van der Waals surface area contributed by atoms with Gasteiger partial charge in [0.05, 0.1) is 28.4 Å². The number of thiophene rings is 1. The zero-order valence-electron chi connectivity index (χ0n) is 28.2. The highest BCUT2D eigenvalue weighted by molar-refractivity contribution is 7.23. The van der Waals surface area contributed by atoms with Gasteiger partial charge < -0.3 is 25.6 Å². The van der Waals surface area contributed by atoms with Gasteiger partial charge in [-0.25, -0.2) is 13.2 Å². The second-order valence-electron chi connectivity index (χ2n) is 14.4. The van der Waals surface area contributed by atoms with E-state index in [2.05, 4.69) is 25.1 Å². The van der Waals surface area contributed by atoms with Gasteiger partial charge in [0.1, 0.15) is 34.4 Å². The number of nitrogens with zero attached hydrogens (tertiary/aromatic N) is 6. The van der Waals surface area contributed by atoms with Gasteiger partial charge in [-0.1, -0.05) is 24.1 Å². The van der Waals surface area contributed by atoms with Gasteiger partial charge in [0.15, 0.2) is 5.82 Å². The molecule has 9 rings (SSSR count). The van der Waals surface area contributed by atoms with E-state index in [9.17, 15) is 18.8 Å². The second kappa shape index (κ2) is 13.3. The second-order valence-corrected chi connectivity index (χ2v) is 15.8. The predicted molar refractivity (Wildman–Crippen MR) is 192 cm³/mol. The van der Waals surface area contributed by atoms with Crippen molar-refractivity contribution in [1.29, 1.82) is 5.26 Å². The van der Waals surface area contributed by atoms with Crippen molar-refractivity contribution in [3.05, 3.63) is 40.4 Å². The maximum absolute atomic E-state index is 16.6. The summed E-state index contributed by atoms with van der Waals surface area (Å²) >= 11 is 7.72. The monoisotopic (exact) mass is 738 g/mol. The molecule has 7 heterocycles. The zero-order chi connectivity index (χ0) is 35.6. The highest BCUT2D eigenvalue weighted by Crippen LogP contribution is 2.47. The molecule has 1 spiro atoms. The Kier molecular flexibility index (Phi) is 8.89. The minimum atomic E-state index is -0.733. The lowest BCUT2D eigenvalue weighted by molar-refractivity contribution is -0.142. The molecule has 268 valence electrons. The quantitative estimate of drug-likeness (QED) is 0.246. The highest BCUT2D eigenvalue weighted by atomic mass is 35.5. The number of rotatable bonds is 4. The van der Waals surface area contributed by atoms with E-state index in [1.807, 2.05) is 11.0 Å². The lowest BCUT2D eigenvalue weighted by Crippen LogP contribution is -2.63. The Hall–Kier alpha value is -3.90. The first-order valence-corrected chi connectivity index (χ1v) is 18.6. The third-order valence-electron chi connectivity index (χ3n) is 11.0. The lowest BCUT2D eigenvalue weighted by Gasteiger charge is -2.51. The standard InChI is InChI=1S/C29H26ClF2N7O2S.C7H12FN/c1-41-28-36-23-15(26(37-28)38-7-3-2-6-29(11-38)12-39(13-29)27(40)19-10-35-19)8-17(30)21(22(23)32)14-4-5-18(31)24-20(14)16(9-33)25(34)42-24;8-6-4-7-2-1-3-9(7)5-6/h4-5,8,19,35H,2-3,6-7,10-13,34H2,1H3;6-7H,1-5H2. The number of anilines is 2. The van der Waals surface area contributed by atoms with Crippen molar-refractivity contribution in [2.24, 2.45) is 5.41 Å². The number of aromatic nitrogens is 2. The highest BCUT2D eigenvalue weighted by Gasteiger charge is 2.49. The van der Waals surface area contributed by atoms with Crippen molar-refractivity contribution in [3.8, 4) is 23.2 Å². The van der Waals surface area contributed by atoms with E-state index in [-0.39, 0.29) is 65.7 Å². The number of nitriles is 1. The number of hydrogen-bond donors (Lipinski definition) is 2. The van der Waals surface area contributed by atoms with Crippen LogP contribution in [0.5, 0.6) is 6.01 Å². The molecule has 0 bridgehead atoms. The third-order valence-corrected chi connectivity index (χ3v) is 12.3. The summed E-state index contributed by atoms with van der Waals surface area (Å²) in [6, 6.07) is 6.80. The van der Waals surface area contributed by atoms with Crippen LogP contribution in [0.25, 0.3) is 32.1 Å². The van der Waals surface area contributed by atoms with Crippen LogP contribution in [-0.4, -0.2) is 96.9 Å². The van der Waals surface area contributed by atoms with Crippen molar-refractivity contribution < 1.29 is 22.7 Å². The number of carbonyl (C=O) groups is 1. The number of nitrogen functional groups attached to an aromatic ring is 1. The fourth-order valence-electron chi connectivity index (χ4n) is 8.45. The van der Waals surface area contributed by atoms with E-state index >= 15 is 4.39 Å². The first-order chi connectivity index (χ1) is 24.6. The normalized spacial score (nSPS) is 23.8.